The van der Waals surface area contributed by atoms with Crippen molar-refractivity contribution in [3.05, 3.63) is 59.7 Å². The maximum atomic E-state index is 12.0. The standard InChI is InChI=1S/C18H20OS/c1-4-17(19)16-7-5-6-8-18(16)20-15-11-9-14(10-12-15)13(2)3/h5-13H,4H2,1-3H3. The first-order chi connectivity index (χ1) is 9.61. The lowest BCUT2D eigenvalue weighted by atomic mass is 10.0. The van der Waals surface area contributed by atoms with Crippen LogP contribution < -0.4 is 0 Å². The van der Waals surface area contributed by atoms with Crippen molar-refractivity contribution in [1.29, 1.82) is 0 Å². The van der Waals surface area contributed by atoms with Gasteiger partial charge in [-0.2, -0.15) is 0 Å². The van der Waals surface area contributed by atoms with Gasteiger partial charge in [-0.1, -0.05) is 62.9 Å². The van der Waals surface area contributed by atoms with Crippen molar-refractivity contribution in [3.8, 4) is 0 Å². The van der Waals surface area contributed by atoms with Crippen molar-refractivity contribution in [2.45, 2.75) is 42.9 Å². The number of hydrogen-bond donors (Lipinski definition) is 0. The molecule has 0 saturated carbocycles. The van der Waals surface area contributed by atoms with Gasteiger partial charge < -0.3 is 0 Å². The SMILES string of the molecule is CCC(=O)c1ccccc1Sc1ccc(C(C)C)cc1. The van der Waals surface area contributed by atoms with E-state index in [-0.39, 0.29) is 5.78 Å². The molecule has 0 amide bonds. The quantitative estimate of drug-likeness (QED) is 0.669. The normalized spacial score (nSPS) is 10.8. The fraction of sp³-hybridized carbons (Fsp3) is 0.278. The molecular weight excluding hydrogens is 264 g/mol. The molecule has 1 nitrogen and oxygen atoms in total. The van der Waals surface area contributed by atoms with Gasteiger partial charge in [0.15, 0.2) is 5.78 Å². The maximum absolute atomic E-state index is 12.0. The molecule has 0 unspecified atom stereocenters. The molecule has 20 heavy (non-hydrogen) atoms. The van der Waals surface area contributed by atoms with Gasteiger partial charge in [0.05, 0.1) is 0 Å². The van der Waals surface area contributed by atoms with Gasteiger partial charge in [0.2, 0.25) is 0 Å². The molecule has 0 spiro atoms. The van der Waals surface area contributed by atoms with E-state index in [1.807, 2.05) is 31.2 Å². The van der Waals surface area contributed by atoms with Gasteiger partial charge in [0.25, 0.3) is 0 Å². The number of carbonyl (C=O) groups is 1. The highest BCUT2D eigenvalue weighted by Crippen LogP contribution is 2.31. The lowest BCUT2D eigenvalue weighted by Crippen LogP contribution is -1.98. The van der Waals surface area contributed by atoms with Gasteiger partial charge in [0.1, 0.15) is 0 Å². The summed E-state index contributed by atoms with van der Waals surface area (Å²) < 4.78 is 0. The summed E-state index contributed by atoms with van der Waals surface area (Å²) in [6, 6.07) is 16.4. The molecule has 0 fully saturated rings. The first-order valence-corrected chi connectivity index (χ1v) is 7.83. The Morgan fingerprint density at radius 3 is 2.30 bits per heavy atom. The average molecular weight is 284 g/mol. The number of carbonyl (C=O) groups excluding carboxylic acids is 1. The molecule has 2 aromatic carbocycles. The third kappa shape index (κ3) is 3.51. The number of benzene rings is 2. The van der Waals surface area contributed by atoms with E-state index in [1.165, 1.54) is 10.5 Å². The number of ketones is 1. The van der Waals surface area contributed by atoms with Crippen LogP contribution in [0.15, 0.2) is 58.3 Å². The highest BCUT2D eigenvalue weighted by atomic mass is 32.2. The summed E-state index contributed by atoms with van der Waals surface area (Å²) in [4.78, 5) is 14.2. The molecule has 0 aliphatic heterocycles. The van der Waals surface area contributed by atoms with Crippen LogP contribution in [-0.4, -0.2) is 5.78 Å². The van der Waals surface area contributed by atoms with E-state index in [2.05, 4.69) is 38.1 Å². The third-order valence-corrected chi connectivity index (χ3v) is 4.37. The Morgan fingerprint density at radius 1 is 1.05 bits per heavy atom. The van der Waals surface area contributed by atoms with Gasteiger partial charge in [-0.15, -0.1) is 0 Å². The second kappa shape index (κ2) is 6.76. The average Bonchev–Trinajstić information content (AvgIpc) is 2.47. The van der Waals surface area contributed by atoms with Crippen molar-refractivity contribution in [3.63, 3.8) is 0 Å². The predicted octanol–water partition coefficient (Wildman–Crippen LogP) is 5.55. The van der Waals surface area contributed by atoms with E-state index >= 15 is 0 Å². The zero-order chi connectivity index (χ0) is 14.5. The van der Waals surface area contributed by atoms with E-state index < -0.39 is 0 Å². The monoisotopic (exact) mass is 284 g/mol. The summed E-state index contributed by atoms with van der Waals surface area (Å²) >= 11 is 1.66. The van der Waals surface area contributed by atoms with Gasteiger partial charge in [-0.3, -0.25) is 4.79 Å². The molecule has 2 heteroatoms. The van der Waals surface area contributed by atoms with E-state index in [0.717, 1.165) is 10.5 Å². The van der Waals surface area contributed by atoms with Crippen LogP contribution in [0.25, 0.3) is 0 Å². The second-order valence-corrected chi connectivity index (χ2v) is 6.21. The van der Waals surface area contributed by atoms with Crippen molar-refractivity contribution in [2.24, 2.45) is 0 Å². The molecule has 2 aromatic rings. The van der Waals surface area contributed by atoms with Crippen molar-refractivity contribution >= 4 is 17.5 Å². The minimum Gasteiger partial charge on any atom is -0.294 e. The van der Waals surface area contributed by atoms with Gasteiger partial charge in [-0.25, -0.2) is 0 Å². The summed E-state index contributed by atoms with van der Waals surface area (Å²) in [6.45, 7) is 6.29. The van der Waals surface area contributed by atoms with Gasteiger partial charge >= 0.3 is 0 Å². The minimum absolute atomic E-state index is 0.201. The Bertz CT molecular complexity index is 585. The number of rotatable bonds is 5. The zero-order valence-corrected chi connectivity index (χ0v) is 13.0. The molecule has 0 aliphatic carbocycles. The Kier molecular flexibility index (Phi) is 5.02. The summed E-state index contributed by atoms with van der Waals surface area (Å²) in [5.41, 5.74) is 2.17. The molecule has 0 bridgehead atoms. The molecule has 0 heterocycles. The van der Waals surface area contributed by atoms with E-state index in [9.17, 15) is 4.79 Å². The van der Waals surface area contributed by atoms with Crippen LogP contribution in [0.4, 0.5) is 0 Å². The van der Waals surface area contributed by atoms with Crippen LogP contribution in [0.3, 0.4) is 0 Å². The summed E-state index contributed by atoms with van der Waals surface area (Å²) in [6.07, 6.45) is 0.545. The molecule has 0 N–H and O–H groups in total. The van der Waals surface area contributed by atoms with Gasteiger partial charge in [0, 0.05) is 21.8 Å². The molecule has 0 aromatic heterocycles. The molecular formula is C18H20OS. The molecule has 0 atom stereocenters. The lowest BCUT2D eigenvalue weighted by molar-refractivity contribution is 0.0985. The topological polar surface area (TPSA) is 17.1 Å². The van der Waals surface area contributed by atoms with Crippen LogP contribution in [0.1, 0.15) is 49.0 Å². The Hall–Kier alpha value is -1.54. The third-order valence-electron chi connectivity index (χ3n) is 3.28. The van der Waals surface area contributed by atoms with Crippen molar-refractivity contribution in [2.75, 3.05) is 0 Å². The lowest BCUT2D eigenvalue weighted by Gasteiger charge is -2.09. The van der Waals surface area contributed by atoms with Crippen molar-refractivity contribution < 1.29 is 4.79 Å². The molecule has 0 aliphatic rings. The fourth-order valence-electron chi connectivity index (χ4n) is 2.02. The summed E-state index contributed by atoms with van der Waals surface area (Å²) in [7, 11) is 0. The van der Waals surface area contributed by atoms with Crippen molar-refractivity contribution in [1.82, 2.24) is 0 Å². The smallest absolute Gasteiger partial charge is 0.163 e. The highest BCUT2D eigenvalue weighted by Gasteiger charge is 2.10. The summed E-state index contributed by atoms with van der Waals surface area (Å²) in [5, 5.41) is 0. The molecule has 0 saturated heterocycles. The van der Waals surface area contributed by atoms with Crippen LogP contribution in [-0.2, 0) is 0 Å². The Labute approximate surface area is 125 Å². The summed E-state index contributed by atoms with van der Waals surface area (Å²) in [5.74, 6) is 0.745. The van der Waals surface area contributed by atoms with Crippen LogP contribution in [0.2, 0.25) is 0 Å². The van der Waals surface area contributed by atoms with E-state index in [4.69, 9.17) is 0 Å². The molecule has 2 rings (SSSR count). The van der Waals surface area contributed by atoms with Crippen LogP contribution >= 0.6 is 11.8 Å². The van der Waals surface area contributed by atoms with Crippen LogP contribution in [0, 0.1) is 0 Å². The Balaban J connectivity index is 2.24. The number of hydrogen-bond acceptors (Lipinski definition) is 2. The first kappa shape index (κ1) is 14.9. The second-order valence-electron chi connectivity index (χ2n) is 5.10. The predicted molar refractivity (Wildman–Crippen MR) is 85.7 cm³/mol. The maximum Gasteiger partial charge on any atom is 0.163 e. The molecule has 0 radical (unpaired) electrons. The number of Topliss-reactive ketones (excluding diaryl/α,β-unsaturated/α-hetero) is 1. The van der Waals surface area contributed by atoms with Gasteiger partial charge in [-0.05, 0) is 29.7 Å². The Morgan fingerprint density at radius 2 is 1.70 bits per heavy atom. The zero-order valence-electron chi connectivity index (χ0n) is 12.2. The largest absolute Gasteiger partial charge is 0.294 e. The fourth-order valence-corrected chi connectivity index (χ4v) is 2.99. The van der Waals surface area contributed by atoms with E-state index in [0.29, 0.717) is 12.3 Å². The van der Waals surface area contributed by atoms with E-state index in [1.54, 1.807) is 11.8 Å². The van der Waals surface area contributed by atoms with Crippen LogP contribution in [0.5, 0.6) is 0 Å². The highest BCUT2D eigenvalue weighted by molar-refractivity contribution is 7.99. The minimum atomic E-state index is 0.201. The molecule has 104 valence electrons. The first-order valence-electron chi connectivity index (χ1n) is 7.02.